The van der Waals surface area contributed by atoms with Gasteiger partial charge in [-0.15, -0.1) is 12.4 Å². The molecule has 0 fully saturated rings. The third kappa shape index (κ3) is 7.10. The van der Waals surface area contributed by atoms with E-state index in [1.807, 2.05) is 6.92 Å². The van der Waals surface area contributed by atoms with E-state index in [1.165, 1.54) is 18.5 Å². The monoisotopic (exact) mass is 208 g/mol. The van der Waals surface area contributed by atoms with Gasteiger partial charge in [0, 0.05) is 7.11 Å². The van der Waals surface area contributed by atoms with Crippen molar-refractivity contribution in [2.45, 2.75) is 6.92 Å². The first-order valence-corrected chi connectivity index (χ1v) is 6.42. The Kier molecular flexibility index (Phi) is 8.50. The van der Waals surface area contributed by atoms with Crippen LogP contribution >= 0.6 is 29.5 Å². The second-order valence-corrected chi connectivity index (χ2v) is 7.64. The summed E-state index contributed by atoms with van der Waals surface area (Å²) in [4.78, 5) is 8.99. The maximum atomic E-state index is 8.99. The van der Waals surface area contributed by atoms with Gasteiger partial charge < -0.3 is 9.42 Å². The van der Waals surface area contributed by atoms with Gasteiger partial charge in [-0.3, -0.25) is 0 Å². The molecule has 1 N–H and O–H groups in total. The van der Waals surface area contributed by atoms with Gasteiger partial charge in [0.05, 0.1) is 0 Å². The second-order valence-electron chi connectivity index (χ2n) is 1.07. The zero-order chi connectivity index (χ0) is 6.62. The van der Waals surface area contributed by atoms with Crippen molar-refractivity contribution < 1.29 is 9.42 Å². The van der Waals surface area contributed by atoms with Gasteiger partial charge in [-0.25, -0.2) is 0 Å². The van der Waals surface area contributed by atoms with Crippen molar-refractivity contribution in [3.05, 3.63) is 0 Å². The first-order chi connectivity index (χ1) is 3.62. The lowest BCUT2D eigenvalue weighted by Crippen LogP contribution is -1.76. The van der Waals surface area contributed by atoms with E-state index in [9.17, 15) is 0 Å². The standard InChI is InChI=1S/C3H9O2PS2.ClH/c1-3-8-6(4,7)5-2;/h3H2,1-2H3,(H,4,7);1H. The molecular weight excluding hydrogens is 199 g/mol. The number of hydrogen-bond donors (Lipinski definition) is 1. The van der Waals surface area contributed by atoms with Gasteiger partial charge in [-0.2, -0.15) is 0 Å². The average molecular weight is 209 g/mol. The van der Waals surface area contributed by atoms with Crippen molar-refractivity contribution in [3.63, 3.8) is 0 Å². The zero-order valence-corrected chi connectivity index (χ0v) is 8.58. The predicted molar refractivity (Wildman–Crippen MR) is 48.9 cm³/mol. The van der Waals surface area contributed by atoms with Gasteiger partial charge in [0.15, 0.2) is 0 Å². The van der Waals surface area contributed by atoms with E-state index in [4.69, 9.17) is 4.89 Å². The van der Waals surface area contributed by atoms with Crippen LogP contribution in [0.25, 0.3) is 0 Å². The van der Waals surface area contributed by atoms with Crippen LogP contribution in [0.3, 0.4) is 0 Å². The first-order valence-electron chi connectivity index (χ1n) is 2.15. The first kappa shape index (κ1) is 12.8. The number of halogens is 1. The van der Waals surface area contributed by atoms with Gasteiger partial charge >= 0.3 is 0 Å². The average Bonchev–Trinajstić information content (AvgIpc) is 1.67. The molecule has 0 bridgehead atoms. The van der Waals surface area contributed by atoms with Gasteiger partial charge in [0.2, 0.25) is 5.69 Å². The van der Waals surface area contributed by atoms with Crippen molar-refractivity contribution >= 4 is 41.3 Å². The summed E-state index contributed by atoms with van der Waals surface area (Å²) in [7, 11) is 1.43. The lowest BCUT2D eigenvalue weighted by atomic mass is 11.0. The molecule has 9 heavy (non-hydrogen) atoms. The fraction of sp³-hybridized carbons (Fsp3) is 1.00. The van der Waals surface area contributed by atoms with E-state index < -0.39 is 5.69 Å². The second kappa shape index (κ2) is 5.96. The van der Waals surface area contributed by atoms with Crippen LogP contribution in [0, 0.1) is 0 Å². The van der Waals surface area contributed by atoms with Crippen molar-refractivity contribution in [1.29, 1.82) is 0 Å². The molecular formula is C3H10ClO2PS2. The molecule has 0 aromatic carbocycles. The van der Waals surface area contributed by atoms with Crippen LogP contribution in [0.1, 0.15) is 6.92 Å². The van der Waals surface area contributed by atoms with E-state index in [-0.39, 0.29) is 12.4 Å². The van der Waals surface area contributed by atoms with Crippen LogP contribution < -0.4 is 0 Å². The Morgan fingerprint density at radius 3 is 2.33 bits per heavy atom. The van der Waals surface area contributed by atoms with Crippen LogP contribution in [0.15, 0.2) is 0 Å². The Morgan fingerprint density at radius 2 is 2.22 bits per heavy atom. The Bertz CT molecular complexity index is 110. The molecule has 0 saturated carbocycles. The molecule has 0 aromatic rings. The maximum absolute atomic E-state index is 8.99. The molecule has 0 aromatic heterocycles. The quantitative estimate of drug-likeness (QED) is 0.719. The van der Waals surface area contributed by atoms with E-state index in [0.717, 1.165) is 5.75 Å². The molecule has 0 aliphatic carbocycles. The highest BCUT2D eigenvalue weighted by Crippen LogP contribution is 2.54. The number of rotatable bonds is 3. The van der Waals surface area contributed by atoms with E-state index in [0.29, 0.717) is 0 Å². The predicted octanol–water partition coefficient (Wildman–Crippen LogP) is 2.02. The summed E-state index contributed by atoms with van der Waals surface area (Å²) >= 11 is 5.94. The van der Waals surface area contributed by atoms with Crippen LogP contribution in [-0.4, -0.2) is 17.8 Å². The molecule has 0 heterocycles. The largest absolute Gasteiger partial charge is 0.337 e. The molecule has 0 aliphatic heterocycles. The number of hydrogen-bond acceptors (Lipinski definition) is 3. The van der Waals surface area contributed by atoms with Gasteiger partial charge in [-0.05, 0) is 17.6 Å². The minimum Gasteiger partial charge on any atom is -0.337 e. The molecule has 2 nitrogen and oxygen atoms in total. The summed E-state index contributed by atoms with van der Waals surface area (Å²) in [5.74, 6) is 0.807. The Labute approximate surface area is 70.7 Å². The fourth-order valence-corrected chi connectivity index (χ4v) is 2.89. The molecule has 0 amide bonds. The smallest absolute Gasteiger partial charge is 0.244 e. The van der Waals surface area contributed by atoms with Crippen molar-refractivity contribution in [2.75, 3.05) is 12.9 Å². The minimum atomic E-state index is -2.42. The van der Waals surface area contributed by atoms with Crippen molar-refractivity contribution in [3.8, 4) is 0 Å². The summed E-state index contributed by atoms with van der Waals surface area (Å²) in [6, 6.07) is 0. The van der Waals surface area contributed by atoms with Gasteiger partial charge in [0.1, 0.15) is 0 Å². The molecule has 0 spiro atoms. The molecule has 58 valence electrons. The summed E-state index contributed by atoms with van der Waals surface area (Å²) < 4.78 is 4.62. The highest BCUT2D eigenvalue weighted by Gasteiger charge is 2.08. The third-order valence-corrected chi connectivity index (χ3v) is 5.17. The van der Waals surface area contributed by atoms with Crippen molar-refractivity contribution in [1.82, 2.24) is 0 Å². The molecule has 1 atom stereocenters. The van der Waals surface area contributed by atoms with E-state index >= 15 is 0 Å². The lowest BCUT2D eigenvalue weighted by molar-refractivity contribution is 0.404. The Morgan fingerprint density at radius 1 is 1.78 bits per heavy atom. The fourth-order valence-electron chi connectivity index (χ4n) is 0.216. The summed E-state index contributed by atoms with van der Waals surface area (Å²) in [6.07, 6.45) is 0. The maximum Gasteiger partial charge on any atom is 0.244 e. The molecule has 0 rings (SSSR count). The lowest BCUT2D eigenvalue weighted by Gasteiger charge is -2.08. The minimum absolute atomic E-state index is 0. The molecule has 0 saturated heterocycles. The zero-order valence-electron chi connectivity index (χ0n) is 5.23. The van der Waals surface area contributed by atoms with E-state index in [2.05, 4.69) is 16.3 Å². The van der Waals surface area contributed by atoms with Gasteiger partial charge in [-0.1, -0.05) is 18.3 Å². The molecule has 6 heteroatoms. The molecule has 0 radical (unpaired) electrons. The highest BCUT2D eigenvalue weighted by molar-refractivity contribution is 8.67. The van der Waals surface area contributed by atoms with Crippen molar-refractivity contribution in [2.24, 2.45) is 0 Å². The summed E-state index contributed by atoms with van der Waals surface area (Å²) in [5.41, 5.74) is -2.42. The van der Waals surface area contributed by atoms with Crippen LogP contribution in [0.5, 0.6) is 0 Å². The summed E-state index contributed by atoms with van der Waals surface area (Å²) in [5, 5.41) is 0. The topological polar surface area (TPSA) is 29.5 Å². The van der Waals surface area contributed by atoms with Crippen LogP contribution in [0.2, 0.25) is 0 Å². The molecule has 0 aliphatic rings. The SMILES string of the molecule is CCSP(O)(=S)OC.Cl. The molecule has 1 unspecified atom stereocenters. The normalized spacial score (nSPS) is 15.9. The van der Waals surface area contributed by atoms with E-state index in [1.54, 1.807) is 0 Å². The summed E-state index contributed by atoms with van der Waals surface area (Å²) in [6.45, 7) is 1.93. The highest BCUT2D eigenvalue weighted by atomic mass is 35.5. The van der Waals surface area contributed by atoms with Crippen LogP contribution in [0.4, 0.5) is 0 Å². The third-order valence-electron chi connectivity index (χ3n) is 0.523. The van der Waals surface area contributed by atoms with Gasteiger partial charge in [0.25, 0.3) is 0 Å². The Balaban J connectivity index is 0. The van der Waals surface area contributed by atoms with Crippen LogP contribution in [-0.2, 0) is 16.3 Å². The Hall–Kier alpha value is 1.21.